The van der Waals surface area contributed by atoms with Crippen molar-refractivity contribution >= 4 is 11.6 Å². The van der Waals surface area contributed by atoms with Gasteiger partial charge in [0.15, 0.2) is 0 Å². The van der Waals surface area contributed by atoms with Gasteiger partial charge in [-0.3, -0.25) is 4.90 Å². The predicted molar refractivity (Wildman–Crippen MR) is 69.0 cm³/mol. The summed E-state index contributed by atoms with van der Waals surface area (Å²) in [5, 5.41) is 4.09. The van der Waals surface area contributed by atoms with Crippen LogP contribution < -0.4 is 5.32 Å². The molecule has 3 rings (SSSR count). The smallest absolute Gasteiger partial charge is 0.129 e. The highest BCUT2D eigenvalue weighted by Crippen LogP contribution is 2.27. The number of hydrogen-bond acceptors (Lipinski definition) is 3. The van der Waals surface area contributed by atoms with E-state index >= 15 is 0 Å². The first kappa shape index (κ1) is 11.5. The second-order valence-corrected chi connectivity index (χ2v) is 5.47. The van der Waals surface area contributed by atoms with Gasteiger partial charge >= 0.3 is 0 Å². The molecule has 1 N–H and O–H groups in total. The van der Waals surface area contributed by atoms with Crippen molar-refractivity contribution in [1.29, 1.82) is 0 Å². The zero-order valence-corrected chi connectivity index (χ0v) is 10.7. The van der Waals surface area contributed by atoms with Crippen LogP contribution in [0.15, 0.2) is 18.3 Å². The molecule has 0 aliphatic carbocycles. The van der Waals surface area contributed by atoms with Crippen molar-refractivity contribution < 1.29 is 0 Å². The average molecular weight is 252 g/mol. The molecule has 92 valence electrons. The Balaban J connectivity index is 1.69. The van der Waals surface area contributed by atoms with Crippen molar-refractivity contribution in [2.45, 2.75) is 25.4 Å². The van der Waals surface area contributed by atoms with Gasteiger partial charge in [0, 0.05) is 25.3 Å². The maximum absolute atomic E-state index is 5.81. The second kappa shape index (κ2) is 4.92. The summed E-state index contributed by atoms with van der Waals surface area (Å²) in [7, 11) is 0. The van der Waals surface area contributed by atoms with Crippen LogP contribution in [-0.2, 0) is 6.54 Å². The predicted octanol–water partition coefficient (Wildman–Crippen LogP) is 1.92. The molecule has 3 heterocycles. The molecule has 2 saturated heterocycles. The summed E-state index contributed by atoms with van der Waals surface area (Å²) in [6, 6.07) is 4.69. The fourth-order valence-corrected chi connectivity index (χ4v) is 3.21. The van der Waals surface area contributed by atoms with E-state index in [0.717, 1.165) is 25.0 Å². The van der Waals surface area contributed by atoms with Crippen molar-refractivity contribution in [1.82, 2.24) is 15.2 Å². The van der Waals surface area contributed by atoms with Crippen LogP contribution in [0.3, 0.4) is 0 Å². The second-order valence-electron chi connectivity index (χ2n) is 5.09. The van der Waals surface area contributed by atoms with Crippen LogP contribution in [0.5, 0.6) is 0 Å². The molecule has 2 aliphatic heterocycles. The van der Waals surface area contributed by atoms with E-state index in [-0.39, 0.29) is 0 Å². The highest BCUT2D eigenvalue weighted by molar-refractivity contribution is 6.29. The number of nitrogens with one attached hydrogen (secondary N) is 1. The Hall–Kier alpha value is -0.640. The van der Waals surface area contributed by atoms with E-state index in [1.54, 1.807) is 0 Å². The molecule has 17 heavy (non-hydrogen) atoms. The van der Waals surface area contributed by atoms with E-state index in [9.17, 15) is 0 Å². The first-order chi connectivity index (χ1) is 8.33. The van der Waals surface area contributed by atoms with Crippen molar-refractivity contribution in [2.75, 3.05) is 19.6 Å². The molecule has 1 aromatic rings. The fraction of sp³-hybridized carbons (Fsp3) is 0.615. The Morgan fingerprint density at radius 3 is 3.18 bits per heavy atom. The number of piperidine rings is 1. The van der Waals surface area contributed by atoms with Crippen LogP contribution in [0.25, 0.3) is 0 Å². The number of rotatable bonds is 2. The Bertz CT molecular complexity index is 379. The zero-order chi connectivity index (χ0) is 11.7. The van der Waals surface area contributed by atoms with Gasteiger partial charge in [0.2, 0.25) is 0 Å². The van der Waals surface area contributed by atoms with Crippen LogP contribution in [0, 0.1) is 5.92 Å². The summed E-state index contributed by atoms with van der Waals surface area (Å²) in [5.41, 5.74) is 1.27. The van der Waals surface area contributed by atoms with Crippen LogP contribution >= 0.6 is 11.6 Å². The summed E-state index contributed by atoms with van der Waals surface area (Å²) in [4.78, 5) is 6.75. The van der Waals surface area contributed by atoms with Crippen LogP contribution in [0.2, 0.25) is 5.15 Å². The molecule has 4 heteroatoms. The number of likely N-dealkylation sites (tertiary alicyclic amines) is 1. The van der Waals surface area contributed by atoms with Crippen molar-refractivity contribution in [3.63, 3.8) is 0 Å². The molecule has 1 aromatic heterocycles. The van der Waals surface area contributed by atoms with Crippen molar-refractivity contribution in [3.8, 4) is 0 Å². The summed E-state index contributed by atoms with van der Waals surface area (Å²) in [5.74, 6) is 0.851. The average Bonchev–Trinajstić information content (AvgIpc) is 2.81. The van der Waals surface area contributed by atoms with Gasteiger partial charge < -0.3 is 5.32 Å². The van der Waals surface area contributed by atoms with Crippen LogP contribution in [-0.4, -0.2) is 35.6 Å². The minimum absolute atomic E-state index is 0.577. The number of fused-ring (bicyclic) bond motifs is 1. The third-order valence-corrected chi connectivity index (χ3v) is 4.19. The van der Waals surface area contributed by atoms with Gasteiger partial charge in [0.25, 0.3) is 0 Å². The monoisotopic (exact) mass is 251 g/mol. The number of aromatic nitrogens is 1. The summed E-state index contributed by atoms with van der Waals surface area (Å²) >= 11 is 5.81. The summed E-state index contributed by atoms with van der Waals surface area (Å²) in [6.07, 6.45) is 4.60. The number of nitrogens with zero attached hydrogens (tertiary/aromatic N) is 2. The Kier molecular flexibility index (Phi) is 3.32. The number of halogens is 1. The standard InChI is InChI=1S/C13H18ClN3/c14-13-4-3-10(6-16-13)9-17-5-1-2-11-7-15-8-12(11)17/h3-4,6,11-12,15H,1-2,5,7-9H2. The van der Waals surface area contributed by atoms with Gasteiger partial charge in [-0.2, -0.15) is 0 Å². The minimum Gasteiger partial charge on any atom is -0.315 e. The van der Waals surface area contributed by atoms with E-state index in [2.05, 4.69) is 21.3 Å². The third kappa shape index (κ3) is 2.46. The molecule has 2 fully saturated rings. The Morgan fingerprint density at radius 1 is 1.41 bits per heavy atom. The van der Waals surface area contributed by atoms with Crippen LogP contribution in [0.4, 0.5) is 0 Å². The lowest BCUT2D eigenvalue weighted by molar-refractivity contribution is 0.117. The Morgan fingerprint density at radius 2 is 2.35 bits per heavy atom. The van der Waals surface area contributed by atoms with Gasteiger partial charge in [-0.25, -0.2) is 4.98 Å². The number of hydrogen-bond donors (Lipinski definition) is 1. The highest BCUT2D eigenvalue weighted by Gasteiger charge is 2.34. The molecular formula is C13H18ClN3. The molecule has 0 bridgehead atoms. The SMILES string of the molecule is Clc1ccc(CN2CCCC3CNCC32)cn1. The zero-order valence-electron chi connectivity index (χ0n) is 9.90. The first-order valence-electron chi connectivity index (χ1n) is 6.38. The van der Waals surface area contributed by atoms with Gasteiger partial charge in [0.05, 0.1) is 0 Å². The first-order valence-corrected chi connectivity index (χ1v) is 6.76. The minimum atomic E-state index is 0.577. The van der Waals surface area contributed by atoms with E-state index in [4.69, 9.17) is 11.6 Å². The molecule has 3 nitrogen and oxygen atoms in total. The van der Waals surface area contributed by atoms with Gasteiger partial charge in [-0.15, -0.1) is 0 Å². The molecule has 2 aliphatic rings. The number of pyridine rings is 1. The maximum Gasteiger partial charge on any atom is 0.129 e. The topological polar surface area (TPSA) is 28.2 Å². The normalized spacial score (nSPS) is 29.2. The molecule has 0 aromatic carbocycles. The summed E-state index contributed by atoms with van der Waals surface area (Å²) in [6.45, 7) is 4.56. The maximum atomic E-state index is 5.81. The summed E-state index contributed by atoms with van der Waals surface area (Å²) < 4.78 is 0. The molecule has 0 saturated carbocycles. The lowest BCUT2D eigenvalue weighted by Crippen LogP contribution is -2.44. The van der Waals surface area contributed by atoms with E-state index < -0.39 is 0 Å². The molecule has 0 amide bonds. The molecule has 2 unspecified atom stereocenters. The Labute approximate surface area is 107 Å². The fourth-order valence-electron chi connectivity index (χ4n) is 3.09. The molecule has 2 atom stereocenters. The highest BCUT2D eigenvalue weighted by atomic mass is 35.5. The molecule has 0 radical (unpaired) electrons. The van der Waals surface area contributed by atoms with Crippen molar-refractivity contribution in [3.05, 3.63) is 29.0 Å². The van der Waals surface area contributed by atoms with Crippen molar-refractivity contribution in [2.24, 2.45) is 5.92 Å². The quantitative estimate of drug-likeness (QED) is 0.814. The largest absolute Gasteiger partial charge is 0.315 e. The van der Waals surface area contributed by atoms with Crippen LogP contribution in [0.1, 0.15) is 18.4 Å². The van der Waals surface area contributed by atoms with Gasteiger partial charge in [-0.05, 0) is 43.5 Å². The molecule has 0 spiro atoms. The lowest BCUT2D eigenvalue weighted by Gasteiger charge is -2.37. The van der Waals surface area contributed by atoms with E-state index in [1.165, 1.54) is 31.5 Å². The third-order valence-electron chi connectivity index (χ3n) is 3.97. The lowest BCUT2D eigenvalue weighted by atomic mass is 9.92. The van der Waals surface area contributed by atoms with E-state index in [1.807, 2.05) is 12.3 Å². The molecular weight excluding hydrogens is 234 g/mol. The van der Waals surface area contributed by atoms with Gasteiger partial charge in [-0.1, -0.05) is 17.7 Å². The van der Waals surface area contributed by atoms with E-state index in [0.29, 0.717) is 5.15 Å². The van der Waals surface area contributed by atoms with Gasteiger partial charge in [0.1, 0.15) is 5.15 Å².